The zero-order valence-corrected chi connectivity index (χ0v) is 18.1. The average molecular weight is 411 g/mol. The number of hydrogen-bond donors (Lipinski definition) is 0. The fraction of sp³-hybridized carbons (Fsp3) is 0.308. The lowest BCUT2D eigenvalue weighted by atomic mass is 9.92. The lowest BCUT2D eigenvalue weighted by Gasteiger charge is -2.20. The van der Waals surface area contributed by atoms with E-state index in [9.17, 15) is 4.79 Å². The molecule has 0 N–H and O–H groups in total. The lowest BCUT2D eigenvalue weighted by Crippen LogP contribution is -2.16. The molecule has 5 nitrogen and oxygen atoms in total. The second-order valence-electron chi connectivity index (χ2n) is 8.31. The Kier molecular flexibility index (Phi) is 5.10. The third-order valence-electron chi connectivity index (χ3n) is 6.18. The van der Waals surface area contributed by atoms with Crippen molar-refractivity contribution in [2.75, 3.05) is 0 Å². The average Bonchev–Trinajstić information content (AvgIpc) is 3.13. The Labute approximate surface area is 182 Å². The van der Waals surface area contributed by atoms with Gasteiger partial charge in [0.05, 0.1) is 5.52 Å². The summed E-state index contributed by atoms with van der Waals surface area (Å²) in [5.74, 6) is 1.49. The lowest BCUT2D eigenvalue weighted by molar-refractivity contribution is 0.101. The monoisotopic (exact) mass is 410 g/mol. The van der Waals surface area contributed by atoms with Crippen LogP contribution in [0.2, 0.25) is 0 Å². The summed E-state index contributed by atoms with van der Waals surface area (Å²) in [7, 11) is 0. The Hall–Kier alpha value is -3.34. The summed E-state index contributed by atoms with van der Waals surface area (Å²) in [6.07, 6.45) is 6.27. The fourth-order valence-corrected chi connectivity index (χ4v) is 4.62. The van der Waals surface area contributed by atoms with E-state index in [-0.39, 0.29) is 5.78 Å². The topological polar surface area (TPSA) is 60.7 Å². The predicted molar refractivity (Wildman–Crippen MR) is 122 cm³/mol. The van der Waals surface area contributed by atoms with Crippen LogP contribution in [0.1, 0.15) is 58.5 Å². The van der Waals surface area contributed by atoms with Crippen LogP contribution >= 0.6 is 0 Å². The van der Waals surface area contributed by atoms with Gasteiger partial charge in [0.1, 0.15) is 11.3 Å². The molecule has 5 rings (SSSR count). The van der Waals surface area contributed by atoms with Gasteiger partial charge in [-0.1, -0.05) is 36.4 Å². The van der Waals surface area contributed by atoms with E-state index in [0.717, 1.165) is 48.2 Å². The van der Waals surface area contributed by atoms with Crippen LogP contribution in [-0.4, -0.2) is 25.3 Å². The molecule has 2 aromatic carbocycles. The van der Waals surface area contributed by atoms with E-state index in [1.807, 2.05) is 29.7 Å². The Morgan fingerprint density at radius 1 is 0.935 bits per heavy atom. The second kappa shape index (κ2) is 8.06. The van der Waals surface area contributed by atoms with Gasteiger partial charge in [-0.25, -0.2) is 15.0 Å². The van der Waals surface area contributed by atoms with Crippen LogP contribution < -0.4 is 0 Å². The summed E-state index contributed by atoms with van der Waals surface area (Å²) in [6, 6.07) is 16.3. The van der Waals surface area contributed by atoms with Gasteiger partial charge in [0.25, 0.3) is 0 Å². The number of carbonyl (C=O) groups is 1. The third-order valence-corrected chi connectivity index (χ3v) is 6.18. The summed E-state index contributed by atoms with van der Waals surface area (Å²) in [5.41, 5.74) is 7.21. The Balaban J connectivity index is 1.62. The van der Waals surface area contributed by atoms with E-state index in [4.69, 9.17) is 15.0 Å². The van der Waals surface area contributed by atoms with E-state index in [2.05, 4.69) is 30.3 Å². The summed E-state index contributed by atoms with van der Waals surface area (Å²) in [5, 5.41) is 0. The van der Waals surface area contributed by atoms with E-state index in [1.54, 1.807) is 6.92 Å². The van der Waals surface area contributed by atoms with Crippen molar-refractivity contribution < 1.29 is 4.79 Å². The zero-order chi connectivity index (χ0) is 21.4. The van der Waals surface area contributed by atoms with Crippen LogP contribution in [0.3, 0.4) is 0 Å². The number of hydrogen-bond acceptors (Lipinski definition) is 4. The fourth-order valence-electron chi connectivity index (χ4n) is 4.62. The molecule has 0 radical (unpaired) electrons. The van der Waals surface area contributed by atoms with Crippen molar-refractivity contribution in [2.24, 2.45) is 0 Å². The van der Waals surface area contributed by atoms with Crippen LogP contribution in [0, 0.1) is 6.92 Å². The highest BCUT2D eigenvalue weighted by Gasteiger charge is 2.21. The van der Waals surface area contributed by atoms with Gasteiger partial charge < -0.3 is 0 Å². The molecule has 0 aliphatic heterocycles. The third kappa shape index (κ3) is 3.65. The molecule has 0 saturated heterocycles. The number of rotatable bonds is 5. The zero-order valence-electron chi connectivity index (χ0n) is 18.1. The number of carbonyl (C=O) groups excluding carboxylic acids is 1. The number of para-hydroxylation sites is 1. The standard InChI is InChI=1S/C26H26N4O/c1-17(31)20-12-8-14-24-25(20)27-18(2)30(24)26-28-22-13-7-6-11-21(22)23(29-26)16-15-19-9-4-3-5-10-19/h3-5,8-10,12,14H,6-7,11,13,15-16H2,1-2H3. The molecule has 0 bridgehead atoms. The molecular weight excluding hydrogens is 384 g/mol. The summed E-state index contributed by atoms with van der Waals surface area (Å²) in [6.45, 7) is 3.54. The molecule has 4 aromatic rings. The van der Waals surface area contributed by atoms with E-state index in [0.29, 0.717) is 11.5 Å². The quantitative estimate of drug-likeness (QED) is 0.435. The van der Waals surface area contributed by atoms with Crippen molar-refractivity contribution in [3.05, 3.63) is 82.4 Å². The number of Topliss-reactive ketones (excluding diaryl/α,β-unsaturated/α-hetero) is 1. The molecule has 1 aliphatic rings. The first-order valence-electron chi connectivity index (χ1n) is 11.0. The van der Waals surface area contributed by atoms with Crippen LogP contribution in [0.5, 0.6) is 0 Å². The number of aryl methyl sites for hydroxylation is 4. The molecule has 0 spiro atoms. The first-order chi connectivity index (χ1) is 15.1. The van der Waals surface area contributed by atoms with Crippen molar-refractivity contribution >= 4 is 16.8 Å². The summed E-state index contributed by atoms with van der Waals surface area (Å²) >= 11 is 0. The SMILES string of the molecule is CC(=O)c1cccc2c1nc(C)n2-c1nc2c(c(CCc3ccccc3)n1)CCCC2. The van der Waals surface area contributed by atoms with Crippen molar-refractivity contribution in [1.82, 2.24) is 19.5 Å². The van der Waals surface area contributed by atoms with Crippen molar-refractivity contribution in [2.45, 2.75) is 52.4 Å². The van der Waals surface area contributed by atoms with Crippen LogP contribution in [0.15, 0.2) is 48.5 Å². The number of benzene rings is 2. The van der Waals surface area contributed by atoms with Gasteiger partial charge in [-0.2, -0.15) is 0 Å². The highest BCUT2D eigenvalue weighted by Crippen LogP contribution is 2.27. The van der Waals surface area contributed by atoms with E-state index < -0.39 is 0 Å². The molecule has 2 heterocycles. The highest BCUT2D eigenvalue weighted by atomic mass is 16.1. The van der Waals surface area contributed by atoms with Crippen LogP contribution in [-0.2, 0) is 25.7 Å². The van der Waals surface area contributed by atoms with Gasteiger partial charge in [0, 0.05) is 17.0 Å². The molecule has 156 valence electrons. The molecular formula is C26H26N4O. The molecule has 0 amide bonds. The van der Waals surface area contributed by atoms with E-state index >= 15 is 0 Å². The summed E-state index contributed by atoms with van der Waals surface area (Å²) in [4.78, 5) is 26.8. The molecule has 5 heteroatoms. The number of imidazole rings is 1. The van der Waals surface area contributed by atoms with E-state index in [1.165, 1.54) is 29.7 Å². The maximum atomic E-state index is 12.1. The maximum absolute atomic E-state index is 12.1. The van der Waals surface area contributed by atoms with Crippen molar-refractivity contribution in [3.8, 4) is 5.95 Å². The molecule has 2 aromatic heterocycles. The largest absolute Gasteiger partial charge is 0.294 e. The molecule has 0 saturated carbocycles. The first-order valence-corrected chi connectivity index (χ1v) is 11.0. The van der Waals surface area contributed by atoms with Crippen molar-refractivity contribution in [3.63, 3.8) is 0 Å². The minimum atomic E-state index is 0.0187. The number of aromatic nitrogens is 4. The first kappa shape index (κ1) is 19.6. The van der Waals surface area contributed by atoms with Gasteiger partial charge in [0.15, 0.2) is 5.78 Å². The van der Waals surface area contributed by atoms with Crippen LogP contribution in [0.4, 0.5) is 0 Å². The highest BCUT2D eigenvalue weighted by molar-refractivity contribution is 6.05. The number of ketones is 1. The smallest absolute Gasteiger partial charge is 0.236 e. The van der Waals surface area contributed by atoms with Gasteiger partial charge in [-0.3, -0.25) is 9.36 Å². The molecule has 1 aliphatic carbocycles. The Morgan fingerprint density at radius 2 is 1.74 bits per heavy atom. The second-order valence-corrected chi connectivity index (χ2v) is 8.31. The summed E-state index contributed by atoms with van der Waals surface area (Å²) < 4.78 is 2.00. The molecule has 0 unspecified atom stereocenters. The number of fused-ring (bicyclic) bond motifs is 2. The van der Waals surface area contributed by atoms with Crippen molar-refractivity contribution in [1.29, 1.82) is 0 Å². The van der Waals surface area contributed by atoms with Crippen LogP contribution in [0.25, 0.3) is 17.0 Å². The normalized spacial score (nSPS) is 13.4. The molecule has 31 heavy (non-hydrogen) atoms. The predicted octanol–water partition coefficient (Wildman–Crippen LogP) is 4.99. The minimum absolute atomic E-state index is 0.0187. The molecule has 0 fully saturated rings. The minimum Gasteiger partial charge on any atom is -0.294 e. The van der Waals surface area contributed by atoms with Gasteiger partial charge in [-0.15, -0.1) is 0 Å². The number of nitrogens with zero attached hydrogens (tertiary/aromatic N) is 4. The maximum Gasteiger partial charge on any atom is 0.236 e. The Bertz CT molecular complexity index is 1270. The van der Waals surface area contributed by atoms with Gasteiger partial charge >= 0.3 is 0 Å². The molecule has 0 atom stereocenters. The van der Waals surface area contributed by atoms with Gasteiger partial charge in [0.2, 0.25) is 5.95 Å². The van der Waals surface area contributed by atoms with Gasteiger partial charge in [-0.05, 0) is 75.6 Å². The Morgan fingerprint density at radius 3 is 2.55 bits per heavy atom.